The number of hydrogen-bond acceptors (Lipinski definition) is 5. The van der Waals surface area contributed by atoms with Crippen LogP contribution in [0.15, 0.2) is 48.5 Å². The first-order valence-corrected chi connectivity index (χ1v) is 9.28. The Hall–Kier alpha value is -3.15. The van der Waals surface area contributed by atoms with Crippen LogP contribution in [-0.2, 0) is 16.0 Å². The van der Waals surface area contributed by atoms with Crippen molar-refractivity contribution >= 4 is 17.7 Å². The molecule has 0 aliphatic carbocycles. The van der Waals surface area contributed by atoms with Gasteiger partial charge in [-0.15, -0.1) is 0 Å². The quantitative estimate of drug-likeness (QED) is 0.531. The van der Waals surface area contributed by atoms with Gasteiger partial charge >= 0.3 is 5.97 Å². The number of ether oxygens (including phenoxy) is 2. The monoisotopic (exact) mass is 383 g/mol. The molecule has 0 bridgehead atoms. The predicted octanol–water partition coefficient (Wildman–Crippen LogP) is 3.19. The van der Waals surface area contributed by atoms with E-state index in [1.54, 1.807) is 36.4 Å². The summed E-state index contributed by atoms with van der Waals surface area (Å²) in [5.41, 5.74) is 1.93. The van der Waals surface area contributed by atoms with Crippen molar-refractivity contribution in [2.75, 3.05) is 13.2 Å². The second-order valence-electron chi connectivity index (χ2n) is 6.16. The second kappa shape index (κ2) is 10.3. The van der Waals surface area contributed by atoms with Crippen molar-refractivity contribution in [2.45, 2.75) is 33.3 Å². The highest BCUT2D eigenvalue weighted by molar-refractivity contribution is 6.01. The van der Waals surface area contributed by atoms with Crippen LogP contribution in [0, 0.1) is 0 Å². The maximum atomic E-state index is 12.4. The van der Waals surface area contributed by atoms with Crippen LogP contribution >= 0.6 is 0 Å². The van der Waals surface area contributed by atoms with E-state index in [-0.39, 0.29) is 12.3 Å². The molecule has 1 N–H and O–H groups in total. The maximum Gasteiger partial charge on any atom is 0.326 e. The van der Waals surface area contributed by atoms with E-state index in [1.165, 1.54) is 6.92 Å². The normalized spacial score (nSPS) is 11.4. The molecule has 1 atom stereocenters. The first-order chi connectivity index (χ1) is 13.5. The summed E-state index contributed by atoms with van der Waals surface area (Å²) in [4.78, 5) is 36.7. The minimum atomic E-state index is -0.937. The molecule has 6 nitrogen and oxygen atoms in total. The molecule has 0 radical (unpaired) electrons. The second-order valence-corrected chi connectivity index (χ2v) is 6.16. The van der Waals surface area contributed by atoms with E-state index in [0.29, 0.717) is 23.5 Å². The molecular weight excluding hydrogens is 358 g/mol. The summed E-state index contributed by atoms with van der Waals surface area (Å²) in [6.07, 6.45) is -0.0573. The van der Waals surface area contributed by atoms with Gasteiger partial charge < -0.3 is 14.8 Å². The number of para-hydroxylation sites is 1. The molecule has 1 amide bonds. The largest absolute Gasteiger partial charge is 0.493 e. The molecule has 148 valence electrons. The molecule has 28 heavy (non-hydrogen) atoms. The molecular formula is C22H25NO5. The number of carbonyl (C=O) groups excluding carboxylic acids is 3. The average Bonchev–Trinajstić information content (AvgIpc) is 2.72. The van der Waals surface area contributed by atoms with Gasteiger partial charge in [0.05, 0.1) is 12.2 Å². The topological polar surface area (TPSA) is 81.7 Å². The molecule has 1 unspecified atom stereocenters. The van der Waals surface area contributed by atoms with Crippen molar-refractivity contribution < 1.29 is 23.9 Å². The van der Waals surface area contributed by atoms with E-state index >= 15 is 0 Å². The molecule has 6 heteroatoms. The van der Waals surface area contributed by atoms with Crippen molar-refractivity contribution in [1.82, 2.24) is 5.32 Å². The lowest BCUT2D eigenvalue weighted by Crippen LogP contribution is -2.34. The number of Topliss-reactive ketones (excluding diaryl/α,β-unsaturated/α-hetero) is 1. The number of esters is 1. The van der Waals surface area contributed by atoms with Crippen LogP contribution in [0.25, 0.3) is 0 Å². The molecule has 0 fully saturated rings. The van der Waals surface area contributed by atoms with Gasteiger partial charge in [-0.2, -0.15) is 0 Å². The number of ketones is 1. The number of amides is 1. The van der Waals surface area contributed by atoms with Crippen LogP contribution in [0.4, 0.5) is 0 Å². The highest BCUT2D eigenvalue weighted by atomic mass is 16.5. The Morgan fingerprint density at radius 1 is 1.00 bits per heavy atom. The van der Waals surface area contributed by atoms with Gasteiger partial charge in [-0.05, 0) is 38.0 Å². The zero-order valence-corrected chi connectivity index (χ0v) is 16.4. The third-order valence-corrected chi connectivity index (χ3v) is 4.15. The summed E-state index contributed by atoms with van der Waals surface area (Å²) in [6, 6.07) is 13.9. The van der Waals surface area contributed by atoms with Crippen LogP contribution in [0.3, 0.4) is 0 Å². The van der Waals surface area contributed by atoms with E-state index in [9.17, 15) is 14.4 Å². The molecule has 0 spiro atoms. The number of rotatable bonds is 9. The molecule has 0 aliphatic rings. The van der Waals surface area contributed by atoms with E-state index < -0.39 is 18.0 Å². The lowest BCUT2D eigenvalue weighted by molar-refractivity contribution is -0.145. The molecule has 0 saturated heterocycles. The van der Waals surface area contributed by atoms with E-state index in [1.807, 2.05) is 26.0 Å². The van der Waals surface area contributed by atoms with Crippen LogP contribution in [-0.4, -0.2) is 36.9 Å². The molecule has 0 aliphatic heterocycles. The van der Waals surface area contributed by atoms with Gasteiger partial charge in [0, 0.05) is 5.56 Å². The molecule has 2 aromatic carbocycles. The maximum absolute atomic E-state index is 12.4. The van der Waals surface area contributed by atoms with Crippen LogP contribution in [0.5, 0.6) is 5.75 Å². The minimum absolute atomic E-state index is 0.288. The van der Waals surface area contributed by atoms with Gasteiger partial charge in [0.1, 0.15) is 12.3 Å². The van der Waals surface area contributed by atoms with Crippen LogP contribution in [0.1, 0.15) is 47.1 Å². The SMILES string of the molecule is CCOc1ccccc1C(=O)NCC(=O)OC(C)C(=O)c1ccc(CC)cc1. The number of carbonyl (C=O) groups is 3. The number of hydrogen-bond donors (Lipinski definition) is 1. The van der Waals surface area contributed by atoms with Crippen molar-refractivity contribution in [1.29, 1.82) is 0 Å². The van der Waals surface area contributed by atoms with Gasteiger partial charge in [-0.1, -0.05) is 43.3 Å². The first-order valence-electron chi connectivity index (χ1n) is 9.28. The highest BCUT2D eigenvalue weighted by Crippen LogP contribution is 2.17. The zero-order valence-electron chi connectivity index (χ0n) is 16.4. The Morgan fingerprint density at radius 3 is 2.32 bits per heavy atom. The van der Waals surface area contributed by atoms with Gasteiger partial charge in [-0.25, -0.2) is 0 Å². The molecule has 0 heterocycles. The summed E-state index contributed by atoms with van der Waals surface area (Å²) < 4.78 is 10.6. The van der Waals surface area contributed by atoms with Gasteiger partial charge in [0.25, 0.3) is 5.91 Å². The van der Waals surface area contributed by atoms with Crippen molar-refractivity contribution in [3.05, 3.63) is 65.2 Å². The van der Waals surface area contributed by atoms with Crippen molar-refractivity contribution in [3.8, 4) is 5.75 Å². The van der Waals surface area contributed by atoms with Gasteiger partial charge in [-0.3, -0.25) is 14.4 Å². The fourth-order valence-corrected chi connectivity index (χ4v) is 2.62. The third-order valence-electron chi connectivity index (χ3n) is 4.15. The Labute approximate surface area is 164 Å². The summed E-state index contributed by atoms with van der Waals surface area (Å²) >= 11 is 0. The van der Waals surface area contributed by atoms with Crippen molar-refractivity contribution in [2.24, 2.45) is 0 Å². The zero-order chi connectivity index (χ0) is 20.5. The molecule has 0 aromatic heterocycles. The highest BCUT2D eigenvalue weighted by Gasteiger charge is 2.20. The molecule has 2 rings (SSSR count). The first kappa shape index (κ1) is 21.2. The summed E-state index contributed by atoms with van der Waals surface area (Å²) in [7, 11) is 0. The van der Waals surface area contributed by atoms with Gasteiger partial charge in [0.15, 0.2) is 6.10 Å². The Kier molecular flexibility index (Phi) is 7.75. The Balaban J connectivity index is 1.89. The lowest BCUT2D eigenvalue weighted by atomic mass is 10.0. The summed E-state index contributed by atoms with van der Waals surface area (Å²) in [5, 5.41) is 2.49. The third kappa shape index (κ3) is 5.67. The van der Waals surface area contributed by atoms with Gasteiger partial charge in [0.2, 0.25) is 5.78 Å². The van der Waals surface area contributed by atoms with E-state index in [2.05, 4.69) is 5.32 Å². The standard InChI is InChI=1S/C22H25NO5/c1-4-16-10-12-17(13-11-16)21(25)15(3)28-20(24)14-23-22(26)18-8-6-7-9-19(18)27-5-2/h6-13,15H,4-5,14H2,1-3H3,(H,23,26). The Bertz CT molecular complexity index is 829. The smallest absolute Gasteiger partial charge is 0.326 e. The number of benzene rings is 2. The van der Waals surface area contributed by atoms with Crippen LogP contribution in [0.2, 0.25) is 0 Å². The fraction of sp³-hybridized carbons (Fsp3) is 0.318. The van der Waals surface area contributed by atoms with Crippen LogP contribution < -0.4 is 10.1 Å². The number of aryl methyl sites for hydroxylation is 1. The number of nitrogens with one attached hydrogen (secondary N) is 1. The summed E-state index contributed by atoms with van der Waals surface area (Å²) in [5.74, 6) is -0.984. The fourth-order valence-electron chi connectivity index (χ4n) is 2.62. The predicted molar refractivity (Wildman–Crippen MR) is 106 cm³/mol. The summed E-state index contributed by atoms with van der Waals surface area (Å²) in [6.45, 7) is 5.44. The lowest BCUT2D eigenvalue weighted by Gasteiger charge is -2.14. The van der Waals surface area contributed by atoms with E-state index in [4.69, 9.17) is 9.47 Å². The molecule has 0 saturated carbocycles. The van der Waals surface area contributed by atoms with E-state index in [0.717, 1.165) is 12.0 Å². The average molecular weight is 383 g/mol. The molecule has 2 aromatic rings. The van der Waals surface area contributed by atoms with Crippen molar-refractivity contribution in [3.63, 3.8) is 0 Å². The minimum Gasteiger partial charge on any atom is -0.493 e. The Morgan fingerprint density at radius 2 is 1.68 bits per heavy atom.